The molecule has 0 unspecified atom stereocenters. The molecule has 1 aliphatic heterocycles. The van der Waals surface area contributed by atoms with Crippen molar-refractivity contribution in [3.63, 3.8) is 0 Å². The molecule has 2 amide bonds. The minimum Gasteiger partial charge on any atom is -0.454 e. The lowest BCUT2D eigenvalue weighted by Crippen LogP contribution is -2.27. The quantitative estimate of drug-likeness (QED) is 0.515. The number of hydrogen-bond donors (Lipinski definition) is 2. The van der Waals surface area contributed by atoms with Crippen LogP contribution in [-0.2, 0) is 10.2 Å². The molecule has 172 valence electrons. The number of rotatable bonds is 5. The summed E-state index contributed by atoms with van der Waals surface area (Å²) < 4.78 is 10.9. The fourth-order valence-electron chi connectivity index (χ4n) is 4.23. The number of fused-ring (bicyclic) bond motifs is 1. The van der Waals surface area contributed by atoms with E-state index in [1.54, 1.807) is 19.2 Å². The third kappa shape index (κ3) is 3.80. The van der Waals surface area contributed by atoms with Crippen LogP contribution < -0.4 is 20.1 Å². The fourth-order valence-corrected chi connectivity index (χ4v) is 4.50. The van der Waals surface area contributed by atoms with Crippen LogP contribution in [0.25, 0.3) is 11.1 Å². The van der Waals surface area contributed by atoms with Crippen LogP contribution in [0.15, 0.2) is 54.6 Å². The Hall–Kier alpha value is -3.51. The molecule has 5 rings (SSSR count). The van der Waals surface area contributed by atoms with Gasteiger partial charge in [-0.15, -0.1) is 0 Å². The Balaban J connectivity index is 0.00000171. The molecule has 1 aliphatic carbocycles. The van der Waals surface area contributed by atoms with Crippen molar-refractivity contribution < 1.29 is 21.9 Å². The highest BCUT2D eigenvalue weighted by molar-refractivity contribution is 6.34. The lowest BCUT2D eigenvalue weighted by atomic mass is 9.94. The van der Waals surface area contributed by atoms with Crippen molar-refractivity contribution in [1.82, 2.24) is 5.32 Å². The zero-order chi connectivity index (χ0) is 23.2. The zero-order valence-electron chi connectivity index (χ0n) is 18.3. The monoisotopic (exact) mass is 466 g/mol. The van der Waals surface area contributed by atoms with Crippen molar-refractivity contribution in [3.05, 3.63) is 76.3 Å². The summed E-state index contributed by atoms with van der Waals surface area (Å²) in [5.41, 5.74) is 4.36. The minimum atomic E-state index is -0.551. The highest BCUT2D eigenvalue weighted by Crippen LogP contribution is 2.51. The predicted octanol–water partition coefficient (Wildman–Crippen LogP) is 5.57. The lowest BCUT2D eigenvalue weighted by Gasteiger charge is -2.17. The van der Waals surface area contributed by atoms with Crippen LogP contribution in [-0.4, -0.2) is 25.7 Å². The van der Waals surface area contributed by atoms with E-state index in [2.05, 4.69) is 10.6 Å². The molecule has 6 nitrogen and oxygen atoms in total. The second kappa shape index (κ2) is 8.12. The summed E-state index contributed by atoms with van der Waals surface area (Å²) >= 11 is 6.36. The average Bonchev–Trinajstić information content (AvgIpc) is 3.50. The number of aryl methyl sites for hydroxylation is 1. The number of halogens is 1. The van der Waals surface area contributed by atoms with Gasteiger partial charge in [-0.2, -0.15) is 0 Å². The molecule has 7 heteroatoms. The average molecular weight is 467 g/mol. The Bertz CT molecular complexity index is 1290. The molecule has 0 spiro atoms. The second-order valence-corrected chi connectivity index (χ2v) is 8.81. The molecule has 0 radical (unpaired) electrons. The first kappa shape index (κ1) is 21.3. The summed E-state index contributed by atoms with van der Waals surface area (Å²) in [6.07, 6.45) is 1.57. The van der Waals surface area contributed by atoms with Gasteiger partial charge in [0.2, 0.25) is 12.7 Å². The summed E-state index contributed by atoms with van der Waals surface area (Å²) in [6.45, 7) is 2.20. The number of benzene rings is 3. The summed E-state index contributed by atoms with van der Waals surface area (Å²) in [6, 6.07) is 16.9. The number of anilines is 1. The van der Waals surface area contributed by atoms with Gasteiger partial charge in [-0.05, 0) is 78.4 Å². The number of amides is 2. The first-order valence-corrected chi connectivity index (χ1v) is 11.1. The van der Waals surface area contributed by atoms with Gasteiger partial charge in [0.15, 0.2) is 11.5 Å². The van der Waals surface area contributed by atoms with Gasteiger partial charge in [0, 0.05) is 15.6 Å². The van der Waals surface area contributed by atoms with Crippen molar-refractivity contribution >= 4 is 29.1 Å². The second-order valence-electron chi connectivity index (χ2n) is 8.41. The maximum atomic E-state index is 13.3. The summed E-state index contributed by atoms with van der Waals surface area (Å²) in [4.78, 5) is 25.2. The maximum absolute atomic E-state index is 13.3. The standard InChI is InChI=1S/C26H23ClN2O4.2H2/c1-15-3-6-18(13-20(15)16-4-7-19(21(27)11-16)24(30)28-2)29-25(31)26(9-10-26)17-5-8-22-23(12-17)33-14-32-22;;/h3-8,11-13H,9-10,14H2,1-2H3,(H,28,30)(H,29,31);2*1H. The number of ether oxygens (including phenoxy) is 2. The highest BCUT2D eigenvalue weighted by atomic mass is 35.5. The van der Waals surface area contributed by atoms with E-state index in [1.165, 1.54) is 0 Å². The molecule has 3 aromatic carbocycles. The highest BCUT2D eigenvalue weighted by Gasteiger charge is 2.51. The van der Waals surface area contributed by atoms with E-state index in [0.717, 1.165) is 35.1 Å². The molecule has 1 saturated carbocycles. The largest absolute Gasteiger partial charge is 0.454 e. The number of carbonyl (C=O) groups is 2. The van der Waals surface area contributed by atoms with Crippen molar-refractivity contribution in [2.75, 3.05) is 19.2 Å². The normalized spacial score (nSPS) is 15.1. The van der Waals surface area contributed by atoms with Crippen LogP contribution in [0, 0.1) is 6.92 Å². The SMILES string of the molecule is CNC(=O)c1ccc(-c2cc(NC(=O)C3(c4ccc5c(c4)OCO5)CC3)ccc2C)cc1Cl.[HH].[HH]. The predicted molar refractivity (Wildman–Crippen MR) is 131 cm³/mol. The third-order valence-corrected chi connectivity index (χ3v) is 6.67. The van der Waals surface area contributed by atoms with Gasteiger partial charge in [-0.25, -0.2) is 0 Å². The Morgan fingerprint density at radius 3 is 2.52 bits per heavy atom. The summed E-state index contributed by atoms with van der Waals surface area (Å²) in [5.74, 6) is 1.12. The molecule has 0 atom stereocenters. The molecule has 2 N–H and O–H groups in total. The van der Waals surface area contributed by atoms with Gasteiger partial charge in [0.1, 0.15) is 0 Å². The van der Waals surface area contributed by atoms with Crippen LogP contribution >= 0.6 is 11.6 Å². The van der Waals surface area contributed by atoms with Crippen LogP contribution in [0.4, 0.5) is 5.69 Å². The smallest absolute Gasteiger partial charge is 0.252 e. The molecular weight excluding hydrogens is 440 g/mol. The van der Waals surface area contributed by atoms with Gasteiger partial charge in [0.05, 0.1) is 16.0 Å². The van der Waals surface area contributed by atoms with E-state index < -0.39 is 5.41 Å². The molecule has 1 heterocycles. The van der Waals surface area contributed by atoms with Crippen molar-refractivity contribution in [2.24, 2.45) is 0 Å². The Labute approximate surface area is 199 Å². The Morgan fingerprint density at radius 2 is 1.79 bits per heavy atom. The molecular formula is C26H27ClN2O4. The first-order valence-electron chi connectivity index (χ1n) is 10.8. The number of carbonyl (C=O) groups excluding carboxylic acids is 2. The van der Waals surface area contributed by atoms with Crippen LogP contribution in [0.1, 0.15) is 37.2 Å². The van der Waals surface area contributed by atoms with Crippen LogP contribution in [0.3, 0.4) is 0 Å². The number of nitrogens with one attached hydrogen (secondary N) is 2. The van der Waals surface area contributed by atoms with E-state index in [9.17, 15) is 9.59 Å². The van der Waals surface area contributed by atoms with Crippen LogP contribution in [0.2, 0.25) is 5.02 Å². The zero-order valence-corrected chi connectivity index (χ0v) is 19.1. The van der Waals surface area contributed by atoms with E-state index in [0.29, 0.717) is 27.8 Å². The van der Waals surface area contributed by atoms with E-state index in [-0.39, 0.29) is 21.5 Å². The van der Waals surface area contributed by atoms with Gasteiger partial charge in [-0.1, -0.05) is 29.8 Å². The Kier molecular flexibility index (Phi) is 5.25. The van der Waals surface area contributed by atoms with Gasteiger partial charge >= 0.3 is 0 Å². The van der Waals surface area contributed by atoms with Crippen molar-refractivity contribution in [3.8, 4) is 22.6 Å². The molecule has 0 aromatic heterocycles. The lowest BCUT2D eigenvalue weighted by molar-refractivity contribution is -0.118. The summed E-state index contributed by atoms with van der Waals surface area (Å²) in [5, 5.41) is 6.05. The number of hydrogen-bond acceptors (Lipinski definition) is 4. The van der Waals surface area contributed by atoms with Gasteiger partial charge in [-0.3, -0.25) is 9.59 Å². The third-order valence-electron chi connectivity index (χ3n) is 6.36. The molecule has 2 aliphatic rings. The van der Waals surface area contributed by atoms with E-state index in [4.69, 9.17) is 21.1 Å². The molecule has 0 bridgehead atoms. The van der Waals surface area contributed by atoms with Crippen LogP contribution in [0.5, 0.6) is 11.5 Å². The maximum Gasteiger partial charge on any atom is 0.252 e. The molecule has 33 heavy (non-hydrogen) atoms. The van der Waals surface area contributed by atoms with E-state index >= 15 is 0 Å². The topological polar surface area (TPSA) is 76.7 Å². The Morgan fingerprint density at radius 1 is 1.00 bits per heavy atom. The minimum absolute atomic E-state index is 0. The van der Waals surface area contributed by atoms with Crippen molar-refractivity contribution in [2.45, 2.75) is 25.2 Å². The fraction of sp³-hybridized carbons (Fsp3) is 0.231. The van der Waals surface area contributed by atoms with Crippen molar-refractivity contribution in [1.29, 1.82) is 0 Å². The van der Waals surface area contributed by atoms with Gasteiger partial charge < -0.3 is 20.1 Å². The first-order chi connectivity index (χ1) is 15.9. The molecule has 0 saturated heterocycles. The summed E-state index contributed by atoms with van der Waals surface area (Å²) in [7, 11) is 1.57. The van der Waals surface area contributed by atoms with E-state index in [1.807, 2.05) is 49.4 Å². The van der Waals surface area contributed by atoms with Gasteiger partial charge in [0.25, 0.3) is 5.91 Å². The molecule has 1 fully saturated rings. The molecule has 3 aromatic rings.